The molecule has 0 atom stereocenters. The Kier molecular flexibility index (Phi) is 5.65. The summed E-state index contributed by atoms with van der Waals surface area (Å²) in [6.45, 7) is 4.28. The highest BCUT2D eigenvalue weighted by Crippen LogP contribution is 2.32. The molecular weight excluding hydrogens is 428 g/mol. The van der Waals surface area contributed by atoms with E-state index in [1.54, 1.807) is 9.13 Å². The first-order valence-electron chi connectivity index (χ1n) is 11.6. The van der Waals surface area contributed by atoms with E-state index in [4.69, 9.17) is 5.73 Å². The third-order valence-electron chi connectivity index (χ3n) is 6.66. The van der Waals surface area contributed by atoms with Crippen LogP contribution in [0.2, 0.25) is 0 Å². The van der Waals surface area contributed by atoms with Gasteiger partial charge in [0, 0.05) is 18.2 Å². The predicted molar refractivity (Wildman–Crippen MR) is 132 cm³/mol. The molecule has 0 aliphatic heterocycles. The topological polar surface area (TPSA) is 108 Å². The number of nitrogens with zero attached hydrogens (tertiary/aromatic N) is 4. The molecule has 4 aromatic rings. The smallest absolute Gasteiger partial charge is 0.335 e. The lowest BCUT2D eigenvalue weighted by molar-refractivity contribution is 0.0950. The Morgan fingerprint density at radius 3 is 2.56 bits per heavy atom. The van der Waals surface area contributed by atoms with Crippen molar-refractivity contribution in [3.8, 4) is 5.69 Å². The van der Waals surface area contributed by atoms with Gasteiger partial charge in [-0.2, -0.15) is 0 Å². The van der Waals surface area contributed by atoms with E-state index in [2.05, 4.69) is 15.3 Å². The van der Waals surface area contributed by atoms with E-state index in [0.717, 1.165) is 42.4 Å². The Bertz CT molecular complexity index is 1430. The summed E-state index contributed by atoms with van der Waals surface area (Å²) in [4.78, 5) is 34.7. The second-order valence-electron chi connectivity index (χ2n) is 9.02. The maximum Gasteiger partial charge on any atom is 0.335 e. The molecule has 1 saturated carbocycles. The van der Waals surface area contributed by atoms with Crippen LogP contribution in [0.3, 0.4) is 0 Å². The Morgan fingerprint density at radius 2 is 1.82 bits per heavy atom. The van der Waals surface area contributed by atoms with Gasteiger partial charge in [-0.3, -0.25) is 13.9 Å². The molecule has 34 heavy (non-hydrogen) atoms. The van der Waals surface area contributed by atoms with E-state index in [1.807, 2.05) is 56.3 Å². The van der Waals surface area contributed by atoms with Gasteiger partial charge in [0.25, 0.3) is 5.91 Å². The first kappa shape index (κ1) is 21.9. The standard InChI is InChI=1S/C26H28N6O2/c1-16-7-8-17(2)21(13-16)25(33)28-14-18-9-11-20(12-10-18)31-22-23(27)29-15-30-24(22)32(26(31)34)19-5-3-4-6-19/h7-13,15,19H,3-6,14H2,1-2H3,(H,28,33)(H2,27,29,30). The fourth-order valence-corrected chi connectivity index (χ4v) is 4.82. The minimum Gasteiger partial charge on any atom is -0.382 e. The number of carbonyl (C=O) groups excluding carboxylic acids is 1. The number of hydrogen-bond donors (Lipinski definition) is 2. The summed E-state index contributed by atoms with van der Waals surface area (Å²) in [5.41, 5.74) is 11.4. The van der Waals surface area contributed by atoms with Crippen molar-refractivity contribution in [3.05, 3.63) is 81.5 Å². The number of fused-ring (bicyclic) bond motifs is 1. The Labute approximate surface area is 197 Å². The van der Waals surface area contributed by atoms with Gasteiger partial charge < -0.3 is 11.1 Å². The van der Waals surface area contributed by atoms with Crippen LogP contribution in [0, 0.1) is 13.8 Å². The summed E-state index contributed by atoms with van der Waals surface area (Å²) in [6, 6.07) is 13.5. The molecule has 1 aliphatic rings. The van der Waals surface area contributed by atoms with Gasteiger partial charge in [-0.05, 0) is 56.0 Å². The number of rotatable bonds is 5. The molecule has 2 aromatic heterocycles. The number of benzene rings is 2. The zero-order valence-corrected chi connectivity index (χ0v) is 19.4. The van der Waals surface area contributed by atoms with Crippen LogP contribution in [-0.2, 0) is 6.54 Å². The van der Waals surface area contributed by atoms with Crippen LogP contribution in [0.15, 0.2) is 53.6 Å². The van der Waals surface area contributed by atoms with E-state index < -0.39 is 0 Å². The molecule has 0 unspecified atom stereocenters. The number of carbonyl (C=O) groups is 1. The summed E-state index contributed by atoms with van der Waals surface area (Å²) in [5, 5.41) is 2.98. The number of amides is 1. The second kappa shape index (κ2) is 8.78. The monoisotopic (exact) mass is 456 g/mol. The van der Waals surface area contributed by atoms with Crippen LogP contribution in [-0.4, -0.2) is 25.0 Å². The highest BCUT2D eigenvalue weighted by Gasteiger charge is 2.26. The third-order valence-corrected chi connectivity index (χ3v) is 6.66. The lowest BCUT2D eigenvalue weighted by Gasteiger charge is -2.10. The molecule has 1 fully saturated rings. The van der Waals surface area contributed by atoms with Gasteiger partial charge in [-0.25, -0.2) is 14.8 Å². The number of nitrogens with two attached hydrogens (primary N) is 1. The molecule has 0 radical (unpaired) electrons. The molecule has 5 rings (SSSR count). The molecule has 8 nitrogen and oxygen atoms in total. The van der Waals surface area contributed by atoms with Gasteiger partial charge in [0.05, 0.1) is 5.69 Å². The van der Waals surface area contributed by atoms with Crippen LogP contribution in [0.25, 0.3) is 16.9 Å². The first-order valence-corrected chi connectivity index (χ1v) is 11.6. The summed E-state index contributed by atoms with van der Waals surface area (Å²) in [5.74, 6) is 0.176. The van der Waals surface area contributed by atoms with E-state index in [1.165, 1.54) is 6.33 Å². The molecule has 2 aromatic carbocycles. The predicted octanol–water partition coefficient (Wildman–Crippen LogP) is 3.83. The lowest BCUT2D eigenvalue weighted by atomic mass is 10.0. The molecule has 1 amide bonds. The highest BCUT2D eigenvalue weighted by molar-refractivity contribution is 5.95. The molecule has 0 saturated heterocycles. The van der Waals surface area contributed by atoms with Gasteiger partial charge in [-0.1, -0.05) is 42.7 Å². The highest BCUT2D eigenvalue weighted by atomic mass is 16.2. The van der Waals surface area contributed by atoms with Crippen molar-refractivity contribution in [3.63, 3.8) is 0 Å². The lowest BCUT2D eigenvalue weighted by Crippen LogP contribution is -2.26. The zero-order valence-electron chi connectivity index (χ0n) is 19.4. The van der Waals surface area contributed by atoms with Crippen molar-refractivity contribution >= 4 is 22.9 Å². The fourth-order valence-electron chi connectivity index (χ4n) is 4.82. The van der Waals surface area contributed by atoms with Crippen LogP contribution in [0.5, 0.6) is 0 Å². The van der Waals surface area contributed by atoms with Crippen LogP contribution < -0.4 is 16.7 Å². The Morgan fingerprint density at radius 1 is 1.09 bits per heavy atom. The van der Waals surface area contributed by atoms with E-state index in [9.17, 15) is 9.59 Å². The van der Waals surface area contributed by atoms with Gasteiger partial charge in [0.2, 0.25) is 0 Å². The van der Waals surface area contributed by atoms with E-state index in [-0.39, 0.29) is 23.5 Å². The van der Waals surface area contributed by atoms with Crippen molar-refractivity contribution in [2.45, 2.75) is 52.1 Å². The first-order chi connectivity index (χ1) is 16.4. The third kappa shape index (κ3) is 3.85. The van der Waals surface area contributed by atoms with Gasteiger partial charge in [0.15, 0.2) is 11.5 Å². The maximum absolute atomic E-state index is 13.5. The van der Waals surface area contributed by atoms with Gasteiger partial charge in [-0.15, -0.1) is 0 Å². The summed E-state index contributed by atoms with van der Waals surface area (Å²) in [7, 11) is 0. The number of nitrogens with one attached hydrogen (secondary N) is 1. The normalized spacial score (nSPS) is 14.1. The Balaban J connectivity index is 1.43. The van der Waals surface area contributed by atoms with Crippen molar-refractivity contribution < 1.29 is 4.79 Å². The average Bonchev–Trinajstić information content (AvgIpc) is 3.45. The number of anilines is 1. The zero-order chi connectivity index (χ0) is 23.8. The minimum absolute atomic E-state index is 0.106. The molecule has 1 aliphatic carbocycles. The summed E-state index contributed by atoms with van der Waals surface area (Å²) in [6.07, 6.45) is 5.54. The molecular formula is C26H28N6O2. The average molecular weight is 457 g/mol. The summed E-state index contributed by atoms with van der Waals surface area (Å²) >= 11 is 0. The number of aryl methyl sites for hydroxylation is 2. The molecule has 0 spiro atoms. The number of nitrogen functional groups attached to an aromatic ring is 1. The molecule has 2 heterocycles. The number of aromatic nitrogens is 4. The van der Waals surface area contributed by atoms with Crippen molar-refractivity contribution in [1.82, 2.24) is 24.4 Å². The largest absolute Gasteiger partial charge is 0.382 e. The Hall–Kier alpha value is -3.94. The molecule has 174 valence electrons. The number of hydrogen-bond acceptors (Lipinski definition) is 5. The second-order valence-corrected chi connectivity index (χ2v) is 9.02. The molecule has 0 bridgehead atoms. The van der Waals surface area contributed by atoms with Crippen LogP contribution in [0.1, 0.15) is 58.8 Å². The fraction of sp³-hybridized carbons (Fsp3) is 0.308. The summed E-state index contributed by atoms with van der Waals surface area (Å²) < 4.78 is 3.38. The SMILES string of the molecule is Cc1ccc(C)c(C(=O)NCc2ccc(-n3c(=O)n(C4CCCC4)c4ncnc(N)c43)cc2)c1. The van der Waals surface area contributed by atoms with Crippen molar-refractivity contribution in [1.29, 1.82) is 0 Å². The van der Waals surface area contributed by atoms with E-state index >= 15 is 0 Å². The maximum atomic E-state index is 13.5. The van der Waals surface area contributed by atoms with Crippen LogP contribution >= 0.6 is 0 Å². The van der Waals surface area contributed by atoms with Gasteiger partial charge >= 0.3 is 5.69 Å². The minimum atomic E-state index is -0.148. The van der Waals surface area contributed by atoms with E-state index in [0.29, 0.717) is 29.0 Å². The van der Waals surface area contributed by atoms with Crippen LogP contribution in [0.4, 0.5) is 5.82 Å². The molecule has 8 heteroatoms. The molecule has 3 N–H and O–H groups in total. The van der Waals surface area contributed by atoms with Gasteiger partial charge in [0.1, 0.15) is 11.8 Å². The quantitative estimate of drug-likeness (QED) is 0.475. The van der Waals surface area contributed by atoms with Crippen molar-refractivity contribution in [2.24, 2.45) is 0 Å². The van der Waals surface area contributed by atoms with Crippen molar-refractivity contribution in [2.75, 3.05) is 5.73 Å². The number of imidazole rings is 1.